The number of nitrogens with zero attached hydrogens (tertiary/aromatic N) is 5. The van der Waals surface area contributed by atoms with Gasteiger partial charge < -0.3 is 20.7 Å². The van der Waals surface area contributed by atoms with Crippen LogP contribution in [0, 0.1) is 5.82 Å². The Kier molecular flexibility index (Phi) is 5.38. The number of imidazole rings is 1. The van der Waals surface area contributed by atoms with Gasteiger partial charge in [0.2, 0.25) is 0 Å². The molecule has 3 N–H and O–H groups in total. The van der Waals surface area contributed by atoms with Crippen molar-refractivity contribution >= 4 is 23.4 Å². The number of hydrogen-bond donors (Lipinski definition) is 2. The highest BCUT2D eigenvalue weighted by Gasteiger charge is 2.28. The highest BCUT2D eigenvalue weighted by Crippen LogP contribution is 2.23. The molecule has 0 saturated carbocycles. The Balaban J connectivity index is 1.53. The van der Waals surface area contributed by atoms with Gasteiger partial charge in [0.25, 0.3) is 0 Å². The number of ether oxygens (including phenoxy) is 1. The fourth-order valence-corrected chi connectivity index (χ4v) is 3.57. The summed E-state index contributed by atoms with van der Waals surface area (Å²) in [5.74, 6) is 0.752. The lowest BCUT2D eigenvalue weighted by Crippen LogP contribution is -2.47. The minimum atomic E-state index is -0.541. The summed E-state index contributed by atoms with van der Waals surface area (Å²) in [5, 5.41) is 3.35. The van der Waals surface area contributed by atoms with Gasteiger partial charge in [0, 0.05) is 31.4 Å². The zero-order valence-corrected chi connectivity index (χ0v) is 17.8. The number of carbonyl (C=O) groups excluding carboxylic acids is 1. The number of amides is 1. The lowest BCUT2D eigenvalue weighted by atomic mass is 10.1. The number of nitrogens with two attached hydrogens (primary N) is 1. The van der Waals surface area contributed by atoms with Gasteiger partial charge in [-0.15, -0.1) is 0 Å². The van der Waals surface area contributed by atoms with Crippen molar-refractivity contribution in [1.29, 1.82) is 0 Å². The van der Waals surface area contributed by atoms with Crippen LogP contribution >= 0.6 is 0 Å². The van der Waals surface area contributed by atoms with E-state index in [1.165, 1.54) is 12.3 Å². The second-order valence-electron chi connectivity index (χ2n) is 8.63. The molecule has 164 valence electrons. The second kappa shape index (κ2) is 8.01. The Morgan fingerprint density at radius 2 is 2.13 bits per heavy atom. The van der Waals surface area contributed by atoms with Gasteiger partial charge in [-0.05, 0) is 45.7 Å². The van der Waals surface area contributed by atoms with Crippen molar-refractivity contribution in [2.75, 3.05) is 24.1 Å². The minimum absolute atomic E-state index is 0.0111. The number of halogens is 1. The molecule has 0 spiro atoms. The number of likely N-dealkylation sites (tertiary alicyclic amines) is 1. The fourth-order valence-electron chi connectivity index (χ4n) is 3.57. The number of hydrogen-bond acceptors (Lipinski definition) is 7. The highest BCUT2D eigenvalue weighted by molar-refractivity contribution is 5.68. The van der Waals surface area contributed by atoms with Gasteiger partial charge in [-0.2, -0.15) is 0 Å². The quantitative estimate of drug-likeness (QED) is 0.660. The van der Waals surface area contributed by atoms with E-state index in [9.17, 15) is 9.18 Å². The second-order valence-corrected chi connectivity index (χ2v) is 8.63. The summed E-state index contributed by atoms with van der Waals surface area (Å²) in [7, 11) is 0. The Morgan fingerprint density at radius 1 is 1.32 bits per heavy atom. The van der Waals surface area contributed by atoms with Gasteiger partial charge in [-0.25, -0.2) is 24.1 Å². The Hall–Kier alpha value is -3.43. The van der Waals surface area contributed by atoms with Crippen LogP contribution in [-0.2, 0) is 4.74 Å². The molecule has 4 heterocycles. The van der Waals surface area contributed by atoms with Crippen molar-refractivity contribution in [3.63, 3.8) is 0 Å². The Morgan fingerprint density at radius 3 is 2.90 bits per heavy atom. The molecule has 31 heavy (non-hydrogen) atoms. The molecular formula is C21H26FN7O2. The predicted octanol–water partition coefficient (Wildman–Crippen LogP) is 3.32. The zero-order chi connectivity index (χ0) is 22.2. The SMILES string of the molecule is CC(C)(C)OC(=O)N1CCC[C@@H](Nc2cc(N)nc(-c3cnc4ccc(F)cn34)n2)C1. The first-order valence-corrected chi connectivity index (χ1v) is 10.2. The molecule has 1 fully saturated rings. The van der Waals surface area contributed by atoms with Gasteiger partial charge in [0.15, 0.2) is 5.82 Å². The number of aromatic nitrogens is 4. The van der Waals surface area contributed by atoms with E-state index in [0.29, 0.717) is 36.1 Å². The molecular weight excluding hydrogens is 401 g/mol. The Bertz CT molecular complexity index is 1110. The number of nitrogen functional groups attached to an aromatic ring is 1. The number of pyridine rings is 1. The number of nitrogens with one attached hydrogen (secondary N) is 1. The maximum atomic E-state index is 13.7. The van der Waals surface area contributed by atoms with Crippen LogP contribution in [-0.4, -0.2) is 55.1 Å². The van der Waals surface area contributed by atoms with Crippen LogP contribution in [0.3, 0.4) is 0 Å². The molecule has 1 aliphatic heterocycles. The molecule has 1 atom stereocenters. The van der Waals surface area contributed by atoms with E-state index in [1.807, 2.05) is 20.8 Å². The molecule has 1 aliphatic rings. The summed E-state index contributed by atoms with van der Waals surface area (Å²) >= 11 is 0. The number of rotatable bonds is 3. The van der Waals surface area contributed by atoms with Crippen molar-refractivity contribution < 1.29 is 13.9 Å². The molecule has 1 amide bonds. The maximum absolute atomic E-state index is 13.7. The van der Waals surface area contributed by atoms with Crippen LogP contribution in [0.15, 0.2) is 30.6 Å². The third kappa shape index (κ3) is 4.84. The summed E-state index contributed by atoms with van der Waals surface area (Å²) in [5.41, 5.74) is 6.58. The van der Waals surface area contributed by atoms with Crippen molar-refractivity contribution in [3.05, 3.63) is 36.4 Å². The molecule has 0 aliphatic carbocycles. The lowest BCUT2D eigenvalue weighted by molar-refractivity contribution is 0.0206. The fraction of sp³-hybridized carbons (Fsp3) is 0.429. The van der Waals surface area contributed by atoms with Crippen LogP contribution in [0.1, 0.15) is 33.6 Å². The van der Waals surface area contributed by atoms with Crippen LogP contribution in [0.25, 0.3) is 17.2 Å². The molecule has 0 unspecified atom stereocenters. The van der Waals surface area contributed by atoms with E-state index in [2.05, 4.69) is 20.3 Å². The Labute approximate surface area is 179 Å². The van der Waals surface area contributed by atoms with Crippen LogP contribution in [0.4, 0.5) is 20.8 Å². The summed E-state index contributed by atoms with van der Waals surface area (Å²) in [4.78, 5) is 27.2. The molecule has 4 rings (SSSR count). The van der Waals surface area contributed by atoms with E-state index in [0.717, 1.165) is 12.8 Å². The van der Waals surface area contributed by atoms with Crippen molar-refractivity contribution in [3.8, 4) is 11.5 Å². The van der Waals surface area contributed by atoms with Gasteiger partial charge in [0.1, 0.15) is 34.4 Å². The summed E-state index contributed by atoms with van der Waals surface area (Å²) in [6.45, 7) is 6.69. The lowest BCUT2D eigenvalue weighted by Gasteiger charge is -2.34. The first-order valence-electron chi connectivity index (χ1n) is 10.2. The normalized spacial score (nSPS) is 17.0. The van der Waals surface area contributed by atoms with Crippen molar-refractivity contribution in [2.24, 2.45) is 0 Å². The molecule has 0 aromatic carbocycles. The minimum Gasteiger partial charge on any atom is -0.444 e. The van der Waals surface area contributed by atoms with Gasteiger partial charge >= 0.3 is 6.09 Å². The van der Waals surface area contributed by atoms with Crippen molar-refractivity contribution in [1.82, 2.24) is 24.3 Å². The maximum Gasteiger partial charge on any atom is 0.410 e. The van der Waals surface area contributed by atoms with Crippen LogP contribution in [0.2, 0.25) is 0 Å². The molecule has 1 saturated heterocycles. The summed E-state index contributed by atoms with van der Waals surface area (Å²) in [6, 6.07) is 4.55. The smallest absolute Gasteiger partial charge is 0.410 e. The monoisotopic (exact) mass is 427 g/mol. The van der Waals surface area contributed by atoms with Crippen LogP contribution < -0.4 is 11.1 Å². The summed E-state index contributed by atoms with van der Waals surface area (Å²) < 4.78 is 20.8. The number of fused-ring (bicyclic) bond motifs is 1. The largest absolute Gasteiger partial charge is 0.444 e. The number of piperidine rings is 1. The molecule has 0 radical (unpaired) electrons. The number of anilines is 2. The molecule has 3 aromatic heterocycles. The summed E-state index contributed by atoms with van der Waals surface area (Å²) in [6.07, 6.45) is 4.31. The van der Waals surface area contributed by atoms with Crippen LogP contribution in [0.5, 0.6) is 0 Å². The van der Waals surface area contributed by atoms with E-state index >= 15 is 0 Å². The van der Waals surface area contributed by atoms with E-state index in [-0.39, 0.29) is 18.0 Å². The van der Waals surface area contributed by atoms with Gasteiger partial charge in [-0.3, -0.25) is 4.40 Å². The third-order valence-corrected chi connectivity index (χ3v) is 4.87. The molecule has 10 heteroatoms. The number of carbonyl (C=O) groups is 1. The predicted molar refractivity (Wildman–Crippen MR) is 115 cm³/mol. The average molecular weight is 427 g/mol. The first kappa shape index (κ1) is 20.8. The van der Waals surface area contributed by atoms with E-state index in [4.69, 9.17) is 10.5 Å². The molecule has 3 aromatic rings. The van der Waals surface area contributed by atoms with Crippen molar-refractivity contribution in [2.45, 2.75) is 45.3 Å². The average Bonchev–Trinajstić information content (AvgIpc) is 3.09. The van der Waals surface area contributed by atoms with E-state index in [1.54, 1.807) is 27.6 Å². The molecule has 9 nitrogen and oxygen atoms in total. The highest BCUT2D eigenvalue weighted by atomic mass is 19.1. The van der Waals surface area contributed by atoms with Gasteiger partial charge in [-0.1, -0.05) is 0 Å². The first-order chi connectivity index (χ1) is 14.7. The van der Waals surface area contributed by atoms with Gasteiger partial charge in [0.05, 0.1) is 6.20 Å². The topological polar surface area (TPSA) is 111 Å². The zero-order valence-electron chi connectivity index (χ0n) is 17.8. The third-order valence-electron chi connectivity index (χ3n) is 4.87. The van der Waals surface area contributed by atoms with E-state index < -0.39 is 11.4 Å². The standard InChI is InChI=1S/C21H26FN7O2/c1-21(2,3)31-20(30)28-8-4-5-14(12-28)25-17-9-16(23)26-19(27-17)15-10-24-18-7-6-13(22)11-29(15)18/h6-7,9-11,14H,4-5,8,12H2,1-3H3,(H3,23,25,26,27)/t14-/m1/s1. The molecule has 0 bridgehead atoms.